The number of nitro benzene ring substituents is 1. The van der Waals surface area contributed by atoms with Crippen molar-refractivity contribution in [2.24, 2.45) is 0 Å². The molecule has 2 N–H and O–H groups in total. The van der Waals surface area contributed by atoms with Crippen molar-refractivity contribution < 1.29 is 9.66 Å². The van der Waals surface area contributed by atoms with Crippen molar-refractivity contribution in [3.05, 3.63) is 56.2 Å². The number of anilines is 1. The minimum atomic E-state index is -0.556. The third kappa shape index (κ3) is 3.28. The summed E-state index contributed by atoms with van der Waals surface area (Å²) >= 11 is 11.7. The van der Waals surface area contributed by atoms with E-state index in [1.54, 1.807) is 12.1 Å². The number of nitrogens with zero attached hydrogens (tertiary/aromatic N) is 2. The topological polar surface area (TPSA) is 91.3 Å². The van der Waals surface area contributed by atoms with E-state index < -0.39 is 4.92 Å². The number of pyridine rings is 1. The van der Waals surface area contributed by atoms with Gasteiger partial charge in [0.15, 0.2) is 5.75 Å². The Kier molecular flexibility index (Phi) is 4.26. The molecule has 2 aromatic rings. The quantitative estimate of drug-likeness (QED) is 0.689. The van der Waals surface area contributed by atoms with Crippen molar-refractivity contribution in [3.63, 3.8) is 0 Å². The molecule has 0 saturated carbocycles. The van der Waals surface area contributed by atoms with Crippen LogP contribution < -0.4 is 10.5 Å². The molecule has 0 fully saturated rings. The molecule has 0 saturated heterocycles. The van der Waals surface area contributed by atoms with E-state index in [2.05, 4.69) is 4.98 Å². The lowest BCUT2D eigenvalue weighted by Crippen LogP contribution is -2.03. The van der Waals surface area contributed by atoms with E-state index in [1.165, 1.54) is 18.2 Å². The summed E-state index contributed by atoms with van der Waals surface area (Å²) in [6.45, 7) is -0.0505. The Morgan fingerprint density at radius 3 is 2.75 bits per heavy atom. The lowest BCUT2D eigenvalue weighted by Gasteiger charge is -2.08. The Hall–Kier alpha value is -2.05. The molecule has 1 heterocycles. The van der Waals surface area contributed by atoms with E-state index in [0.717, 1.165) is 0 Å². The summed E-state index contributed by atoms with van der Waals surface area (Å²) in [4.78, 5) is 14.3. The van der Waals surface area contributed by atoms with Gasteiger partial charge >= 0.3 is 5.69 Å². The van der Waals surface area contributed by atoms with Crippen molar-refractivity contribution in [1.29, 1.82) is 0 Å². The average molecular weight is 314 g/mol. The zero-order valence-corrected chi connectivity index (χ0v) is 11.6. The highest BCUT2D eigenvalue weighted by Crippen LogP contribution is 2.31. The minimum absolute atomic E-state index is 0.0443. The normalized spacial score (nSPS) is 10.3. The molecule has 0 bridgehead atoms. The fraction of sp³-hybridized carbons (Fsp3) is 0.0833. The number of hydrogen-bond donors (Lipinski definition) is 1. The maximum Gasteiger partial charge on any atom is 0.311 e. The van der Waals surface area contributed by atoms with Crippen LogP contribution in [0.1, 0.15) is 5.69 Å². The molecule has 0 spiro atoms. The van der Waals surface area contributed by atoms with E-state index in [9.17, 15) is 10.1 Å². The number of nitrogen functional groups attached to an aromatic ring is 1. The van der Waals surface area contributed by atoms with Crippen molar-refractivity contribution in [2.75, 3.05) is 5.73 Å². The first-order valence-corrected chi connectivity index (χ1v) is 6.20. The maximum atomic E-state index is 10.9. The summed E-state index contributed by atoms with van der Waals surface area (Å²) in [6, 6.07) is 7.17. The fourth-order valence-electron chi connectivity index (χ4n) is 1.50. The van der Waals surface area contributed by atoms with Crippen LogP contribution in [0.25, 0.3) is 0 Å². The first-order chi connectivity index (χ1) is 9.47. The highest BCUT2D eigenvalue weighted by Gasteiger charge is 2.16. The monoisotopic (exact) mass is 313 g/mol. The molecule has 20 heavy (non-hydrogen) atoms. The predicted octanol–water partition coefficient (Wildman–Crippen LogP) is 3.46. The van der Waals surface area contributed by atoms with Crippen LogP contribution in [0.15, 0.2) is 30.3 Å². The summed E-state index contributed by atoms with van der Waals surface area (Å²) in [5, 5.41) is 11.6. The molecule has 2 rings (SSSR count). The molecule has 1 aromatic heterocycles. The molecule has 0 amide bonds. The fourth-order valence-corrected chi connectivity index (χ4v) is 1.82. The van der Waals surface area contributed by atoms with Crippen LogP contribution in [0.3, 0.4) is 0 Å². The molecule has 8 heteroatoms. The van der Waals surface area contributed by atoms with Crippen molar-refractivity contribution in [3.8, 4) is 5.75 Å². The maximum absolute atomic E-state index is 10.9. The average Bonchev–Trinajstić information content (AvgIpc) is 2.39. The second kappa shape index (κ2) is 5.94. The van der Waals surface area contributed by atoms with Gasteiger partial charge in [-0.3, -0.25) is 10.1 Å². The minimum Gasteiger partial charge on any atom is -0.480 e. The number of nitrogens with two attached hydrogens (primary N) is 1. The molecule has 6 nitrogen and oxygen atoms in total. The van der Waals surface area contributed by atoms with Gasteiger partial charge in [0.25, 0.3) is 0 Å². The van der Waals surface area contributed by atoms with Crippen LogP contribution in [-0.2, 0) is 6.61 Å². The third-order valence-corrected chi connectivity index (χ3v) is 3.00. The van der Waals surface area contributed by atoms with Gasteiger partial charge in [0.1, 0.15) is 12.4 Å². The van der Waals surface area contributed by atoms with Crippen LogP contribution >= 0.6 is 23.2 Å². The number of aromatic nitrogens is 1. The Labute approximate surface area is 124 Å². The molecular formula is C12H9Cl2N3O3. The molecule has 0 aliphatic carbocycles. The van der Waals surface area contributed by atoms with Crippen LogP contribution in [0.2, 0.25) is 10.0 Å². The summed E-state index contributed by atoms with van der Waals surface area (Å²) in [6.07, 6.45) is 0. The standard InChI is InChI=1S/C12H9Cl2N3O3/c13-7-1-3-10(17(18)19)11(5-7)20-6-9-8(14)2-4-12(15)16-9/h1-5H,6H2,(H2,15,16). The smallest absolute Gasteiger partial charge is 0.311 e. The molecular weight excluding hydrogens is 305 g/mol. The van der Waals surface area contributed by atoms with E-state index in [1.807, 2.05) is 0 Å². The molecule has 0 atom stereocenters. The van der Waals surface area contributed by atoms with E-state index in [0.29, 0.717) is 15.7 Å². The van der Waals surface area contributed by atoms with Gasteiger partial charge in [-0.2, -0.15) is 0 Å². The molecule has 0 aliphatic rings. The number of hydrogen-bond acceptors (Lipinski definition) is 5. The van der Waals surface area contributed by atoms with Crippen molar-refractivity contribution in [1.82, 2.24) is 4.98 Å². The Bertz CT molecular complexity index is 664. The molecule has 0 aliphatic heterocycles. The van der Waals surface area contributed by atoms with Gasteiger partial charge in [-0.1, -0.05) is 23.2 Å². The van der Waals surface area contributed by atoms with Crippen molar-refractivity contribution in [2.45, 2.75) is 6.61 Å². The first kappa shape index (κ1) is 14.4. The highest BCUT2D eigenvalue weighted by atomic mass is 35.5. The SMILES string of the molecule is Nc1ccc(Cl)c(COc2cc(Cl)ccc2[N+](=O)[O-])n1. The van der Waals surface area contributed by atoms with Gasteiger partial charge in [0.2, 0.25) is 0 Å². The van der Waals surface area contributed by atoms with Crippen LogP contribution in [0.4, 0.5) is 11.5 Å². The second-order valence-electron chi connectivity index (χ2n) is 3.82. The highest BCUT2D eigenvalue weighted by molar-refractivity contribution is 6.31. The van der Waals surface area contributed by atoms with Gasteiger partial charge in [-0.15, -0.1) is 0 Å². The molecule has 0 radical (unpaired) electrons. The van der Waals surface area contributed by atoms with Crippen LogP contribution in [-0.4, -0.2) is 9.91 Å². The van der Waals surface area contributed by atoms with Gasteiger partial charge in [-0.05, 0) is 18.2 Å². The van der Waals surface area contributed by atoms with Gasteiger partial charge in [-0.25, -0.2) is 4.98 Å². The zero-order chi connectivity index (χ0) is 14.7. The summed E-state index contributed by atoms with van der Waals surface area (Å²) < 4.78 is 5.37. The van der Waals surface area contributed by atoms with Crippen molar-refractivity contribution >= 4 is 34.7 Å². The second-order valence-corrected chi connectivity index (χ2v) is 4.67. The zero-order valence-electron chi connectivity index (χ0n) is 10.0. The van der Waals surface area contributed by atoms with Gasteiger partial charge < -0.3 is 10.5 Å². The Morgan fingerprint density at radius 1 is 1.30 bits per heavy atom. The number of benzene rings is 1. The molecule has 0 unspecified atom stereocenters. The summed E-state index contributed by atoms with van der Waals surface area (Å²) in [7, 11) is 0. The number of nitro groups is 1. The Balaban J connectivity index is 2.24. The third-order valence-electron chi connectivity index (χ3n) is 2.42. The number of ether oxygens (including phenoxy) is 1. The van der Waals surface area contributed by atoms with E-state index >= 15 is 0 Å². The lowest BCUT2D eigenvalue weighted by molar-refractivity contribution is -0.385. The lowest BCUT2D eigenvalue weighted by atomic mass is 10.3. The Morgan fingerprint density at radius 2 is 2.05 bits per heavy atom. The van der Waals surface area contributed by atoms with Crippen LogP contribution in [0.5, 0.6) is 5.75 Å². The van der Waals surface area contributed by atoms with E-state index in [-0.39, 0.29) is 23.9 Å². The van der Waals surface area contributed by atoms with Crippen LogP contribution in [0, 0.1) is 10.1 Å². The largest absolute Gasteiger partial charge is 0.480 e. The molecule has 1 aromatic carbocycles. The van der Waals surface area contributed by atoms with Gasteiger partial charge in [0, 0.05) is 17.2 Å². The predicted molar refractivity (Wildman–Crippen MR) is 76.1 cm³/mol. The van der Waals surface area contributed by atoms with E-state index in [4.69, 9.17) is 33.7 Å². The van der Waals surface area contributed by atoms with Gasteiger partial charge in [0.05, 0.1) is 15.6 Å². The molecule has 104 valence electrons. The summed E-state index contributed by atoms with van der Waals surface area (Å²) in [5.74, 6) is 0.330. The first-order valence-electron chi connectivity index (χ1n) is 5.45. The number of halogens is 2. The summed E-state index contributed by atoms with van der Waals surface area (Å²) in [5.41, 5.74) is 5.75. The number of rotatable bonds is 4.